The first kappa shape index (κ1) is 19.8. The van der Waals surface area contributed by atoms with E-state index in [0.717, 1.165) is 27.3 Å². The van der Waals surface area contributed by atoms with Crippen LogP contribution in [0.3, 0.4) is 0 Å². The minimum absolute atomic E-state index is 0.339. The molecule has 0 spiro atoms. The van der Waals surface area contributed by atoms with Crippen LogP contribution in [0.5, 0.6) is 5.75 Å². The van der Waals surface area contributed by atoms with Gasteiger partial charge < -0.3 is 10.1 Å². The number of nitrogens with zero attached hydrogens (tertiary/aromatic N) is 1. The number of anilines is 2. The summed E-state index contributed by atoms with van der Waals surface area (Å²) in [5.41, 5.74) is 3.86. The first-order valence-electron chi connectivity index (χ1n) is 8.12. The number of nitrogens with one attached hydrogen (secondary N) is 1. The maximum atomic E-state index is 12.5. The zero-order chi connectivity index (χ0) is 19.5. The van der Waals surface area contributed by atoms with E-state index in [1.54, 1.807) is 18.2 Å². The van der Waals surface area contributed by atoms with Crippen molar-refractivity contribution in [1.29, 1.82) is 0 Å². The quantitative estimate of drug-likeness (QED) is 0.841. The van der Waals surface area contributed by atoms with E-state index in [1.165, 1.54) is 7.11 Å². The maximum absolute atomic E-state index is 12.5. The Kier molecular flexibility index (Phi) is 5.92. The normalized spacial score (nSPS) is 11.1. The van der Waals surface area contributed by atoms with E-state index in [-0.39, 0.29) is 6.54 Å². The van der Waals surface area contributed by atoms with E-state index < -0.39 is 15.9 Å². The van der Waals surface area contributed by atoms with Crippen molar-refractivity contribution in [3.8, 4) is 5.75 Å². The lowest BCUT2D eigenvalue weighted by Gasteiger charge is -2.24. The first-order chi connectivity index (χ1) is 12.1. The van der Waals surface area contributed by atoms with Crippen LogP contribution in [-0.2, 0) is 14.8 Å². The highest BCUT2D eigenvalue weighted by Gasteiger charge is 2.24. The summed E-state index contributed by atoms with van der Waals surface area (Å²) < 4.78 is 30.9. The number of hydrogen-bond donors (Lipinski definition) is 1. The minimum atomic E-state index is -3.68. The number of hydrogen-bond acceptors (Lipinski definition) is 4. The Bertz CT molecular complexity index is 923. The van der Waals surface area contributed by atoms with Gasteiger partial charge in [-0.05, 0) is 55.7 Å². The molecule has 0 fully saturated rings. The van der Waals surface area contributed by atoms with Gasteiger partial charge in [-0.1, -0.05) is 18.2 Å². The molecule has 0 aromatic heterocycles. The summed E-state index contributed by atoms with van der Waals surface area (Å²) >= 11 is 0. The second-order valence-electron chi connectivity index (χ2n) is 6.24. The van der Waals surface area contributed by atoms with Gasteiger partial charge in [0, 0.05) is 5.69 Å². The fourth-order valence-electron chi connectivity index (χ4n) is 2.58. The van der Waals surface area contributed by atoms with Crippen LogP contribution >= 0.6 is 0 Å². The van der Waals surface area contributed by atoms with E-state index in [1.807, 2.05) is 39.0 Å². The van der Waals surface area contributed by atoms with Crippen LogP contribution in [0.2, 0.25) is 0 Å². The van der Waals surface area contributed by atoms with Gasteiger partial charge >= 0.3 is 0 Å². The molecule has 140 valence electrons. The highest BCUT2D eigenvalue weighted by Crippen LogP contribution is 2.31. The molecule has 2 rings (SSSR count). The van der Waals surface area contributed by atoms with Crippen molar-refractivity contribution < 1.29 is 17.9 Å². The Morgan fingerprint density at radius 1 is 1.15 bits per heavy atom. The lowest BCUT2D eigenvalue weighted by molar-refractivity contribution is -0.114. The van der Waals surface area contributed by atoms with Crippen LogP contribution in [0.25, 0.3) is 0 Å². The van der Waals surface area contributed by atoms with Crippen molar-refractivity contribution >= 4 is 27.3 Å². The van der Waals surface area contributed by atoms with Crippen molar-refractivity contribution in [3.63, 3.8) is 0 Å². The Labute approximate surface area is 154 Å². The van der Waals surface area contributed by atoms with Gasteiger partial charge in [-0.25, -0.2) is 8.42 Å². The SMILES string of the molecule is COc1ccc(C)cc1N(CC(=O)Nc1cccc(C)c1C)S(C)(=O)=O. The molecule has 2 aromatic carbocycles. The zero-order valence-electron chi connectivity index (χ0n) is 15.7. The molecule has 7 heteroatoms. The summed E-state index contributed by atoms with van der Waals surface area (Å²) in [4.78, 5) is 12.5. The molecule has 0 saturated carbocycles. The van der Waals surface area contributed by atoms with Crippen LogP contribution in [-0.4, -0.2) is 34.2 Å². The molecule has 0 saturated heterocycles. The largest absolute Gasteiger partial charge is 0.495 e. The molecule has 6 nitrogen and oxygen atoms in total. The van der Waals surface area contributed by atoms with E-state index >= 15 is 0 Å². The van der Waals surface area contributed by atoms with Crippen molar-refractivity contribution in [2.24, 2.45) is 0 Å². The number of carbonyl (C=O) groups is 1. The van der Waals surface area contributed by atoms with Gasteiger partial charge in [0.25, 0.3) is 0 Å². The Morgan fingerprint density at radius 2 is 1.85 bits per heavy atom. The van der Waals surface area contributed by atoms with Crippen molar-refractivity contribution in [3.05, 3.63) is 53.1 Å². The molecule has 0 heterocycles. The van der Waals surface area contributed by atoms with Crippen LogP contribution < -0.4 is 14.4 Å². The standard InChI is InChI=1S/C19H24N2O4S/c1-13-9-10-18(25-4)17(11-13)21(26(5,23)24)12-19(22)20-16-8-6-7-14(2)15(16)3/h6-11H,12H2,1-5H3,(H,20,22). The lowest BCUT2D eigenvalue weighted by atomic mass is 10.1. The van der Waals surface area contributed by atoms with Crippen LogP contribution in [0.15, 0.2) is 36.4 Å². The summed E-state index contributed by atoms with van der Waals surface area (Å²) in [6.07, 6.45) is 1.07. The van der Waals surface area contributed by atoms with E-state index in [0.29, 0.717) is 17.1 Å². The number of carbonyl (C=O) groups excluding carboxylic acids is 1. The Balaban J connectivity index is 2.34. The summed E-state index contributed by atoms with van der Waals surface area (Å²) in [5, 5.41) is 2.79. The Hall–Kier alpha value is -2.54. The monoisotopic (exact) mass is 376 g/mol. The lowest BCUT2D eigenvalue weighted by Crippen LogP contribution is -2.37. The molecule has 2 aromatic rings. The summed E-state index contributed by atoms with van der Waals surface area (Å²) in [6.45, 7) is 5.36. The topological polar surface area (TPSA) is 75.7 Å². The molecule has 1 amide bonds. The highest BCUT2D eigenvalue weighted by molar-refractivity contribution is 7.92. The second kappa shape index (κ2) is 7.78. The predicted octanol–water partition coefficient (Wildman–Crippen LogP) is 3.03. The molecule has 0 radical (unpaired) electrons. The van der Waals surface area contributed by atoms with Crippen molar-refractivity contribution in [2.75, 3.05) is 29.5 Å². The predicted molar refractivity (Wildman–Crippen MR) is 104 cm³/mol. The van der Waals surface area contributed by atoms with E-state index in [4.69, 9.17) is 4.74 Å². The summed E-state index contributed by atoms with van der Waals surface area (Å²) in [7, 11) is -2.22. The molecule has 0 aliphatic heterocycles. The molecule has 26 heavy (non-hydrogen) atoms. The highest BCUT2D eigenvalue weighted by atomic mass is 32.2. The minimum Gasteiger partial charge on any atom is -0.495 e. The number of benzene rings is 2. The van der Waals surface area contributed by atoms with Gasteiger partial charge in [-0.15, -0.1) is 0 Å². The maximum Gasteiger partial charge on any atom is 0.245 e. The zero-order valence-corrected chi connectivity index (χ0v) is 16.5. The van der Waals surface area contributed by atoms with Gasteiger partial charge in [-0.3, -0.25) is 9.10 Å². The van der Waals surface area contributed by atoms with Crippen LogP contribution in [0.1, 0.15) is 16.7 Å². The number of amides is 1. The third-order valence-electron chi connectivity index (χ3n) is 4.17. The van der Waals surface area contributed by atoms with Gasteiger partial charge in [-0.2, -0.15) is 0 Å². The number of rotatable bonds is 6. The number of methoxy groups -OCH3 is 1. The van der Waals surface area contributed by atoms with Gasteiger partial charge in [0.05, 0.1) is 19.1 Å². The smallest absolute Gasteiger partial charge is 0.245 e. The molecule has 0 aliphatic carbocycles. The van der Waals surface area contributed by atoms with E-state index in [2.05, 4.69) is 5.32 Å². The van der Waals surface area contributed by atoms with Gasteiger partial charge in [0.15, 0.2) is 0 Å². The van der Waals surface area contributed by atoms with Crippen LogP contribution in [0.4, 0.5) is 11.4 Å². The summed E-state index contributed by atoms with van der Waals surface area (Å²) in [5.74, 6) is -0.0340. The number of aryl methyl sites for hydroxylation is 2. The average Bonchev–Trinajstić information content (AvgIpc) is 2.56. The first-order valence-corrected chi connectivity index (χ1v) is 9.96. The van der Waals surface area contributed by atoms with Gasteiger partial charge in [0.1, 0.15) is 12.3 Å². The molecule has 0 unspecified atom stereocenters. The molecular formula is C19H24N2O4S. The molecule has 0 aliphatic rings. The molecule has 1 N–H and O–H groups in total. The molecule has 0 atom stereocenters. The average molecular weight is 376 g/mol. The van der Waals surface area contributed by atoms with E-state index in [9.17, 15) is 13.2 Å². The fourth-order valence-corrected chi connectivity index (χ4v) is 3.43. The van der Waals surface area contributed by atoms with Crippen LogP contribution in [0, 0.1) is 20.8 Å². The Morgan fingerprint density at radius 3 is 2.46 bits per heavy atom. The van der Waals surface area contributed by atoms with Crippen molar-refractivity contribution in [1.82, 2.24) is 0 Å². The molecule has 0 bridgehead atoms. The van der Waals surface area contributed by atoms with Crippen molar-refractivity contribution in [2.45, 2.75) is 20.8 Å². The number of ether oxygens (including phenoxy) is 1. The van der Waals surface area contributed by atoms with Gasteiger partial charge in [0.2, 0.25) is 15.9 Å². The third kappa shape index (κ3) is 4.54. The summed E-state index contributed by atoms with van der Waals surface area (Å²) in [6, 6.07) is 10.8. The third-order valence-corrected chi connectivity index (χ3v) is 5.30. The number of sulfonamides is 1. The second-order valence-corrected chi connectivity index (χ2v) is 8.15. The fraction of sp³-hybridized carbons (Fsp3) is 0.316. The molecular weight excluding hydrogens is 352 g/mol.